The molecule has 1 aliphatic rings. The summed E-state index contributed by atoms with van der Waals surface area (Å²) in [6.45, 7) is 3.69. The zero-order valence-electron chi connectivity index (χ0n) is 23.4. The molecule has 1 fully saturated rings. The van der Waals surface area contributed by atoms with Gasteiger partial charge in [-0.05, 0) is 68.5 Å². The number of oxazole rings is 1. The number of H-pyrrole nitrogens is 1. The van der Waals surface area contributed by atoms with Crippen molar-refractivity contribution in [3.63, 3.8) is 0 Å². The van der Waals surface area contributed by atoms with Crippen LogP contribution < -0.4 is 20.1 Å². The van der Waals surface area contributed by atoms with Gasteiger partial charge >= 0.3 is 0 Å². The van der Waals surface area contributed by atoms with Crippen molar-refractivity contribution >= 4 is 39.7 Å². The molecule has 212 valence electrons. The van der Waals surface area contributed by atoms with Gasteiger partial charge < -0.3 is 34.6 Å². The van der Waals surface area contributed by atoms with E-state index >= 15 is 0 Å². The number of hydrogen-bond acceptors (Lipinski definition) is 9. The molecule has 11 heteroatoms. The molecule has 5 aromatic rings. The summed E-state index contributed by atoms with van der Waals surface area (Å²) < 4.78 is 17.8. The lowest BCUT2D eigenvalue weighted by atomic mass is 9.85. The van der Waals surface area contributed by atoms with Crippen molar-refractivity contribution in [2.75, 3.05) is 19.5 Å². The molecule has 0 unspecified atom stereocenters. The lowest BCUT2D eigenvalue weighted by molar-refractivity contribution is -0.0114. The molecule has 1 amide bonds. The summed E-state index contributed by atoms with van der Waals surface area (Å²) in [4.78, 5) is 29.3. The minimum absolute atomic E-state index is 0.107. The van der Waals surface area contributed by atoms with Crippen molar-refractivity contribution in [1.82, 2.24) is 25.3 Å². The second kappa shape index (κ2) is 10.4. The fourth-order valence-corrected chi connectivity index (χ4v) is 5.27. The summed E-state index contributed by atoms with van der Waals surface area (Å²) in [7, 11) is 3.11. The van der Waals surface area contributed by atoms with Crippen LogP contribution in [-0.2, 0) is 0 Å². The third kappa shape index (κ3) is 5.28. The van der Waals surface area contributed by atoms with Crippen LogP contribution in [-0.4, -0.2) is 56.8 Å². The molecule has 0 atom stereocenters. The SMILES string of the molecule is CNC(=O)c1ccc(Nc2nc(O[C@H]3CC[C@](C)(O)CC3)c3c(-c4ccc5nc(C)oc5c4)c[nH]c3n2)c(OC)c1. The van der Waals surface area contributed by atoms with Gasteiger partial charge in [0.15, 0.2) is 11.5 Å². The molecule has 4 N–H and O–H groups in total. The number of rotatable bonds is 7. The highest BCUT2D eigenvalue weighted by molar-refractivity contribution is 5.99. The first kappa shape index (κ1) is 26.6. The second-order valence-electron chi connectivity index (χ2n) is 10.6. The number of carbonyl (C=O) groups is 1. The van der Waals surface area contributed by atoms with E-state index in [-0.39, 0.29) is 12.0 Å². The number of amides is 1. The van der Waals surface area contributed by atoms with Crippen molar-refractivity contribution in [2.24, 2.45) is 0 Å². The molecule has 6 rings (SSSR count). The van der Waals surface area contributed by atoms with Crippen LogP contribution in [0.25, 0.3) is 33.3 Å². The van der Waals surface area contributed by atoms with Gasteiger partial charge in [-0.2, -0.15) is 9.97 Å². The lowest BCUT2D eigenvalue weighted by Gasteiger charge is -2.33. The number of fused-ring (bicyclic) bond motifs is 2. The average molecular weight is 557 g/mol. The van der Waals surface area contributed by atoms with E-state index in [1.54, 1.807) is 25.2 Å². The molecule has 1 aliphatic carbocycles. The number of benzene rings is 2. The normalized spacial score (nSPS) is 18.9. The Bertz CT molecular complexity index is 1750. The number of anilines is 2. The van der Waals surface area contributed by atoms with E-state index in [0.717, 1.165) is 22.0 Å². The standard InChI is InChI=1S/C30H32N6O5/c1-16-33-22-7-5-17(13-24(22)40-16)20-15-32-26-25(20)28(41-19-9-11-30(2,38)12-10-19)36-29(35-26)34-21-8-6-18(27(37)31-3)14-23(21)39-4/h5-8,13-15,19,38H,9-12H2,1-4H3,(H,31,37)(H2,32,34,35,36)/t19-,30-. The van der Waals surface area contributed by atoms with Crippen LogP contribution in [0.4, 0.5) is 11.6 Å². The predicted molar refractivity (Wildman–Crippen MR) is 155 cm³/mol. The summed E-state index contributed by atoms with van der Waals surface area (Å²) in [6, 6.07) is 11.0. The Labute approximate surface area is 236 Å². The quantitative estimate of drug-likeness (QED) is 0.211. The number of aliphatic hydroxyl groups is 1. The summed E-state index contributed by atoms with van der Waals surface area (Å²) >= 11 is 0. The smallest absolute Gasteiger partial charge is 0.251 e. The van der Waals surface area contributed by atoms with Crippen molar-refractivity contribution in [3.8, 4) is 22.8 Å². The number of aromatic amines is 1. The predicted octanol–water partition coefficient (Wildman–Crippen LogP) is 5.26. The van der Waals surface area contributed by atoms with Crippen LogP contribution in [0.3, 0.4) is 0 Å². The van der Waals surface area contributed by atoms with E-state index in [4.69, 9.17) is 23.9 Å². The maximum Gasteiger partial charge on any atom is 0.251 e. The first-order valence-corrected chi connectivity index (χ1v) is 13.6. The number of hydrogen-bond donors (Lipinski definition) is 4. The number of nitrogens with zero attached hydrogens (tertiary/aromatic N) is 3. The maximum atomic E-state index is 12.1. The maximum absolute atomic E-state index is 12.1. The molecule has 3 heterocycles. The molecular weight excluding hydrogens is 524 g/mol. The van der Waals surface area contributed by atoms with Gasteiger partial charge in [-0.15, -0.1) is 0 Å². The zero-order chi connectivity index (χ0) is 28.7. The van der Waals surface area contributed by atoms with E-state index in [0.29, 0.717) is 71.6 Å². The van der Waals surface area contributed by atoms with Crippen molar-refractivity contribution in [2.45, 2.75) is 51.2 Å². The fraction of sp³-hybridized carbons (Fsp3) is 0.333. The Balaban J connectivity index is 1.41. The first-order chi connectivity index (χ1) is 19.7. The van der Waals surface area contributed by atoms with Gasteiger partial charge in [0.2, 0.25) is 11.8 Å². The Morgan fingerprint density at radius 2 is 1.95 bits per heavy atom. The zero-order valence-corrected chi connectivity index (χ0v) is 23.4. The average Bonchev–Trinajstić information content (AvgIpc) is 3.56. The molecule has 11 nitrogen and oxygen atoms in total. The summed E-state index contributed by atoms with van der Waals surface area (Å²) in [5, 5.41) is 17.0. The van der Waals surface area contributed by atoms with Gasteiger partial charge in [-0.1, -0.05) is 6.07 Å². The molecule has 2 aromatic carbocycles. The number of carbonyl (C=O) groups excluding carboxylic acids is 1. The third-order valence-corrected chi connectivity index (χ3v) is 7.53. The van der Waals surface area contributed by atoms with Crippen LogP contribution in [0.1, 0.15) is 48.9 Å². The van der Waals surface area contributed by atoms with E-state index in [9.17, 15) is 9.90 Å². The fourth-order valence-electron chi connectivity index (χ4n) is 5.27. The lowest BCUT2D eigenvalue weighted by Crippen LogP contribution is -2.35. The molecule has 0 aliphatic heterocycles. The van der Waals surface area contributed by atoms with E-state index < -0.39 is 5.60 Å². The van der Waals surface area contributed by atoms with Gasteiger partial charge in [0, 0.05) is 31.3 Å². The monoisotopic (exact) mass is 556 g/mol. The summed E-state index contributed by atoms with van der Waals surface area (Å²) in [6.07, 6.45) is 4.48. The van der Waals surface area contributed by atoms with Crippen LogP contribution in [0.5, 0.6) is 11.6 Å². The molecule has 0 radical (unpaired) electrons. The van der Waals surface area contributed by atoms with Crippen molar-refractivity contribution in [1.29, 1.82) is 0 Å². The van der Waals surface area contributed by atoms with Gasteiger partial charge in [0.05, 0.1) is 23.8 Å². The van der Waals surface area contributed by atoms with Crippen LogP contribution >= 0.6 is 0 Å². The Kier molecular flexibility index (Phi) is 6.74. The topological polar surface area (TPSA) is 147 Å². The van der Waals surface area contributed by atoms with Gasteiger partial charge in [0.1, 0.15) is 23.0 Å². The molecule has 0 saturated heterocycles. The third-order valence-electron chi connectivity index (χ3n) is 7.53. The second-order valence-corrected chi connectivity index (χ2v) is 10.6. The highest BCUT2D eigenvalue weighted by Crippen LogP contribution is 2.39. The van der Waals surface area contributed by atoms with Crippen molar-refractivity contribution < 1.29 is 23.8 Å². The van der Waals surface area contributed by atoms with Crippen LogP contribution in [0.15, 0.2) is 47.0 Å². The molecule has 0 spiro atoms. The minimum atomic E-state index is -0.686. The molecular formula is C30H32N6O5. The highest BCUT2D eigenvalue weighted by Gasteiger charge is 2.31. The number of aryl methyl sites for hydroxylation is 1. The number of nitrogens with one attached hydrogen (secondary N) is 3. The number of ether oxygens (including phenoxy) is 2. The Hall–Kier alpha value is -4.64. The van der Waals surface area contributed by atoms with E-state index in [1.165, 1.54) is 7.11 Å². The molecule has 3 aromatic heterocycles. The van der Waals surface area contributed by atoms with Gasteiger partial charge in [-0.25, -0.2) is 4.98 Å². The molecule has 41 heavy (non-hydrogen) atoms. The largest absolute Gasteiger partial charge is 0.495 e. The van der Waals surface area contributed by atoms with Gasteiger partial charge in [-0.3, -0.25) is 4.79 Å². The Morgan fingerprint density at radius 3 is 2.71 bits per heavy atom. The van der Waals surface area contributed by atoms with Crippen LogP contribution in [0, 0.1) is 6.92 Å². The summed E-state index contributed by atoms with van der Waals surface area (Å²) in [5.41, 5.74) is 4.22. The van der Waals surface area contributed by atoms with E-state index in [1.807, 2.05) is 38.2 Å². The Morgan fingerprint density at radius 1 is 1.15 bits per heavy atom. The number of methoxy groups -OCH3 is 1. The van der Waals surface area contributed by atoms with Gasteiger partial charge in [0.25, 0.3) is 5.91 Å². The minimum Gasteiger partial charge on any atom is -0.495 e. The summed E-state index contributed by atoms with van der Waals surface area (Å²) in [5.74, 6) is 1.58. The molecule has 0 bridgehead atoms. The highest BCUT2D eigenvalue weighted by atomic mass is 16.5. The van der Waals surface area contributed by atoms with Crippen molar-refractivity contribution in [3.05, 3.63) is 54.0 Å². The molecule has 1 saturated carbocycles. The van der Waals surface area contributed by atoms with E-state index in [2.05, 4.69) is 20.6 Å². The first-order valence-electron chi connectivity index (χ1n) is 13.6. The van der Waals surface area contributed by atoms with Crippen LogP contribution in [0.2, 0.25) is 0 Å². The number of aromatic nitrogens is 4.